The Labute approximate surface area is 90.5 Å². The second kappa shape index (κ2) is 5.62. The van der Waals surface area contributed by atoms with Crippen LogP contribution in [0.4, 0.5) is 0 Å². The summed E-state index contributed by atoms with van der Waals surface area (Å²) in [5.41, 5.74) is 0. The molecule has 13 heavy (non-hydrogen) atoms. The Hall–Kier alpha value is -0.0600. The van der Waals surface area contributed by atoms with Gasteiger partial charge in [0.25, 0.3) is 0 Å². The summed E-state index contributed by atoms with van der Waals surface area (Å²) in [6.07, 6.45) is 3.70. The molecular formula is C7H14Cl2N3S+. The maximum Gasteiger partial charge on any atom is 0.198 e. The Morgan fingerprint density at radius 2 is 2.31 bits per heavy atom. The molecule has 1 aromatic rings. The van der Waals surface area contributed by atoms with Gasteiger partial charge in [-0.15, -0.1) is 0 Å². The van der Waals surface area contributed by atoms with E-state index in [1.54, 1.807) is 0 Å². The third-order valence-electron chi connectivity index (χ3n) is 1.62. The maximum atomic E-state index is 5.81. The lowest BCUT2D eigenvalue weighted by molar-refractivity contribution is 0.746. The van der Waals surface area contributed by atoms with Gasteiger partial charge in [-0.2, -0.15) is 0 Å². The molecule has 0 aliphatic heterocycles. The Kier molecular flexibility index (Phi) is 4.77. The van der Waals surface area contributed by atoms with Gasteiger partial charge in [0.1, 0.15) is 5.75 Å². The second-order valence-electron chi connectivity index (χ2n) is 2.79. The van der Waals surface area contributed by atoms with E-state index in [0.29, 0.717) is 5.15 Å². The van der Waals surface area contributed by atoms with Gasteiger partial charge in [0.15, 0.2) is 10.5 Å². The Morgan fingerprint density at radius 1 is 1.54 bits per heavy atom. The number of unbranched alkanes of at least 4 members (excludes halogenated alkanes) is 2. The van der Waals surface area contributed by atoms with Crippen molar-refractivity contribution in [2.75, 3.05) is 0 Å². The molecule has 6 heteroatoms. The van der Waals surface area contributed by atoms with Crippen LogP contribution in [0.25, 0.3) is 0 Å². The average Bonchev–Trinajstić information content (AvgIpc) is 2.03. The smallest absolute Gasteiger partial charge is 0.198 e. The first-order valence-corrected chi connectivity index (χ1v) is 6.45. The summed E-state index contributed by atoms with van der Waals surface area (Å²) in [4.78, 5) is 0. The first-order chi connectivity index (χ1) is 6.22. The molecule has 1 unspecified atom stereocenters. The van der Waals surface area contributed by atoms with Gasteiger partial charge in [0.2, 0.25) is 0 Å². The van der Waals surface area contributed by atoms with E-state index in [0.717, 1.165) is 5.75 Å². The summed E-state index contributed by atoms with van der Waals surface area (Å²) in [7, 11) is -0.0188. The number of aromatic amines is 2. The lowest BCUT2D eigenvalue weighted by Gasteiger charge is -1.97. The number of hydrogen-bond donors (Lipinski definition) is 2. The number of H-pyrrole nitrogens is 2. The first-order valence-electron chi connectivity index (χ1n) is 4.28. The summed E-state index contributed by atoms with van der Waals surface area (Å²) < 4.78 is 4.35. The zero-order valence-electron chi connectivity index (χ0n) is 7.52. The van der Waals surface area contributed by atoms with Crippen molar-refractivity contribution in [3.63, 3.8) is 0 Å². The van der Waals surface area contributed by atoms with Gasteiger partial charge in [-0.25, -0.2) is 0 Å². The Bertz CT molecular complexity index is 262. The molecule has 1 rings (SSSR count). The van der Waals surface area contributed by atoms with Gasteiger partial charge in [-0.1, -0.05) is 33.7 Å². The lowest BCUT2D eigenvalue weighted by atomic mass is 10.3. The van der Waals surface area contributed by atoms with Crippen LogP contribution in [-0.4, -0.2) is 13.9 Å². The van der Waals surface area contributed by atoms with Crippen LogP contribution in [0.15, 0.2) is 5.38 Å². The van der Waals surface area contributed by atoms with E-state index < -0.39 is 0 Å². The maximum absolute atomic E-state index is 5.81. The molecule has 0 spiro atoms. The summed E-state index contributed by atoms with van der Waals surface area (Å²) in [5.74, 6) is 1.09. The van der Waals surface area contributed by atoms with E-state index in [-0.39, 0.29) is 10.7 Å². The fourth-order valence-electron chi connectivity index (χ4n) is 1.01. The van der Waals surface area contributed by atoms with E-state index in [4.69, 9.17) is 23.4 Å². The van der Waals surface area contributed by atoms with Gasteiger partial charge >= 0.3 is 0 Å². The Balaban J connectivity index is 2.56. The van der Waals surface area contributed by atoms with Gasteiger partial charge in [0.05, 0.1) is 22.4 Å². The minimum atomic E-state index is -0.0188. The molecule has 3 nitrogen and oxygen atoms in total. The summed E-state index contributed by atoms with van der Waals surface area (Å²) in [6.45, 7) is 2.19. The van der Waals surface area contributed by atoms with Crippen molar-refractivity contribution in [2.24, 2.45) is 0 Å². The van der Waals surface area contributed by atoms with Crippen LogP contribution in [0.1, 0.15) is 26.2 Å². The fourth-order valence-corrected chi connectivity index (χ4v) is 3.15. The van der Waals surface area contributed by atoms with Crippen LogP contribution in [0.5, 0.6) is 0 Å². The minimum absolute atomic E-state index is 0.0188. The molecule has 0 fully saturated rings. The van der Waals surface area contributed by atoms with E-state index in [1.807, 2.05) is 5.38 Å². The Morgan fingerprint density at radius 3 is 2.92 bits per heavy atom. The normalized spacial score (nSPS) is 11.8. The zero-order chi connectivity index (χ0) is 9.68. The zero-order valence-corrected chi connectivity index (χ0v) is 9.85. The molecule has 0 amide bonds. The number of halogens is 2. The molecule has 0 aromatic carbocycles. The van der Waals surface area contributed by atoms with Crippen LogP contribution < -0.4 is 0 Å². The van der Waals surface area contributed by atoms with Gasteiger partial charge in [-0.05, 0) is 12.8 Å². The van der Waals surface area contributed by atoms with Gasteiger partial charge in [-0.3, -0.25) is 5.10 Å². The summed E-state index contributed by atoms with van der Waals surface area (Å²) in [5, 5.41) is 5.28. The third-order valence-corrected chi connectivity index (χ3v) is 3.87. The second-order valence-corrected chi connectivity index (χ2v) is 5.22. The standard InChI is InChI=1S/C7H14Cl2N3S/c1-2-3-4-5-13-6-7(8)10-12(9)11-13/h6,10-11H,2-5H2,1H3/q+1. The molecule has 2 N–H and O–H groups in total. The fraction of sp³-hybridized carbons (Fsp3) is 0.714. The monoisotopic (exact) mass is 242 g/mol. The number of nitrogens with one attached hydrogen (secondary N) is 2. The molecule has 0 aliphatic rings. The number of aromatic nitrogens is 3. The molecule has 0 aliphatic carbocycles. The molecule has 0 radical (unpaired) electrons. The van der Waals surface area contributed by atoms with E-state index in [9.17, 15) is 0 Å². The molecular weight excluding hydrogens is 229 g/mol. The predicted octanol–water partition coefficient (Wildman–Crippen LogP) is 3.86. The minimum Gasteiger partial charge on any atom is -0.250 e. The highest BCUT2D eigenvalue weighted by Gasteiger charge is 2.05. The molecule has 0 saturated heterocycles. The third kappa shape index (κ3) is 4.11. The van der Waals surface area contributed by atoms with Crippen molar-refractivity contribution in [3.8, 4) is 0 Å². The van der Waals surface area contributed by atoms with Crippen molar-refractivity contribution in [1.29, 1.82) is 0 Å². The molecule has 0 bridgehead atoms. The number of rotatable bonds is 4. The molecule has 0 saturated carbocycles. The number of hydrogen-bond acceptors (Lipinski definition) is 0. The summed E-state index contributed by atoms with van der Waals surface area (Å²) >= 11 is 11.5. The van der Waals surface area contributed by atoms with Crippen LogP contribution in [0, 0.1) is 0 Å². The van der Waals surface area contributed by atoms with E-state index >= 15 is 0 Å². The highest BCUT2D eigenvalue weighted by Crippen LogP contribution is 2.19. The average molecular weight is 243 g/mol. The molecule has 76 valence electrons. The van der Waals surface area contributed by atoms with Gasteiger partial charge < -0.3 is 0 Å². The highest BCUT2D eigenvalue weighted by atomic mass is 35.5. The van der Waals surface area contributed by atoms with E-state index in [1.165, 1.54) is 23.6 Å². The SMILES string of the molecule is CCCCC[s+]1cc(Cl)[nH]n(Cl)[nH]1. The quantitative estimate of drug-likeness (QED) is 0.595. The number of aryl methyl sites for hydroxylation is 1. The summed E-state index contributed by atoms with van der Waals surface area (Å²) in [6, 6.07) is 0. The van der Waals surface area contributed by atoms with Crippen LogP contribution in [0.2, 0.25) is 5.15 Å². The van der Waals surface area contributed by atoms with Crippen LogP contribution in [0.3, 0.4) is 0 Å². The molecule has 1 heterocycles. The van der Waals surface area contributed by atoms with Crippen molar-refractivity contribution in [1.82, 2.24) is 13.9 Å². The van der Waals surface area contributed by atoms with Crippen LogP contribution in [-0.2, 0) is 5.75 Å². The number of nitrogens with zero attached hydrogens (tertiary/aromatic N) is 1. The topological polar surface area (TPSA) is 36.5 Å². The molecule has 1 aromatic heterocycles. The predicted molar refractivity (Wildman–Crippen MR) is 59.0 cm³/mol. The first kappa shape index (κ1) is 11.0. The largest absolute Gasteiger partial charge is 0.250 e. The van der Waals surface area contributed by atoms with Crippen LogP contribution >= 0.6 is 34.0 Å². The lowest BCUT2D eigenvalue weighted by Crippen LogP contribution is -1.96. The van der Waals surface area contributed by atoms with Crippen molar-refractivity contribution in [3.05, 3.63) is 10.5 Å². The van der Waals surface area contributed by atoms with Crippen molar-refractivity contribution >= 4 is 34.0 Å². The van der Waals surface area contributed by atoms with Gasteiger partial charge in [0, 0.05) is 0 Å². The molecule has 1 atom stereocenters. The highest BCUT2D eigenvalue weighted by molar-refractivity contribution is 7.23. The van der Waals surface area contributed by atoms with Crippen molar-refractivity contribution in [2.45, 2.75) is 31.9 Å². The van der Waals surface area contributed by atoms with E-state index in [2.05, 4.69) is 16.5 Å². The van der Waals surface area contributed by atoms with Crippen molar-refractivity contribution < 1.29 is 0 Å².